The molecule has 0 saturated heterocycles. The first kappa shape index (κ1) is 18.0. The highest BCUT2D eigenvalue weighted by Crippen LogP contribution is 2.26. The van der Waals surface area contributed by atoms with E-state index >= 15 is 0 Å². The van der Waals surface area contributed by atoms with E-state index in [9.17, 15) is 22.8 Å². The summed E-state index contributed by atoms with van der Waals surface area (Å²) in [6, 6.07) is 4.54. The molecule has 1 atom stereocenters. The molecular weight excluding hydrogens is 303 g/mol. The van der Waals surface area contributed by atoms with Crippen molar-refractivity contribution in [2.45, 2.75) is 38.1 Å². The molecule has 5 nitrogen and oxygen atoms in total. The van der Waals surface area contributed by atoms with Crippen molar-refractivity contribution in [2.75, 3.05) is 0 Å². The van der Waals surface area contributed by atoms with Gasteiger partial charge >= 0.3 is 12.1 Å². The lowest BCUT2D eigenvalue weighted by atomic mass is 10.0. The summed E-state index contributed by atoms with van der Waals surface area (Å²) in [6.45, 7) is 1.71. The third-order valence-corrected chi connectivity index (χ3v) is 2.85. The maximum Gasteiger partial charge on any atom is 0.454 e. The second-order valence-corrected chi connectivity index (χ2v) is 5.24. The number of hydrogen-bond donors (Lipinski definition) is 2. The maximum absolute atomic E-state index is 12.4. The van der Waals surface area contributed by atoms with E-state index in [1.165, 1.54) is 24.3 Å². The number of ether oxygens (including phenoxy) is 1. The maximum atomic E-state index is 12.4. The fourth-order valence-electron chi connectivity index (χ4n) is 1.68. The number of carbonyl (C=O) groups excluding carboxylic acids is 2. The molecule has 22 heavy (non-hydrogen) atoms. The predicted molar refractivity (Wildman–Crippen MR) is 71.0 cm³/mol. The molecule has 1 aromatic rings. The molecule has 0 aliphatic rings. The molecule has 3 N–H and O–H groups in total. The standard InChI is InChI=1S/C14H16F3NO4/c1-13(2,12(21)14(15,16)17)22-11(20)10(18)7-8-3-5-9(19)6-4-8/h3-6,10,19H,7,18H2,1-2H3. The molecule has 0 radical (unpaired) electrons. The van der Waals surface area contributed by atoms with E-state index in [4.69, 9.17) is 10.8 Å². The van der Waals surface area contributed by atoms with Crippen molar-refractivity contribution in [3.05, 3.63) is 29.8 Å². The number of nitrogens with two attached hydrogens (primary N) is 1. The van der Waals surface area contributed by atoms with E-state index in [0.29, 0.717) is 5.56 Å². The molecule has 1 rings (SSSR count). The van der Waals surface area contributed by atoms with Crippen LogP contribution in [0.3, 0.4) is 0 Å². The smallest absolute Gasteiger partial charge is 0.454 e. The van der Waals surface area contributed by atoms with Gasteiger partial charge in [0.2, 0.25) is 0 Å². The van der Waals surface area contributed by atoms with E-state index < -0.39 is 29.6 Å². The molecule has 0 aliphatic heterocycles. The zero-order valence-corrected chi connectivity index (χ0v) is 12.0. The van der Waals surface area contributed by atoms with E-state index in [2.05, 4.69) is 4.74 Å². The third-order valence-electron chi connectivity index (χ3n) is 2.85. The minimum atomic E-state index is -5.11. The Bertz CT molecular complexity index is 552. The molecule has 1 unspecified atom stereocenters. The topological polar surface area (TPSA) is 89.6 Å². The van der Waals surface area contributed by atoms with Gasteiger partial charge in [-0.25, -0.2) is 0 Å². The Hall–Kier alpha value is -2.09. The fourth-order valence-corrected chi connectivity index (χ4v) is 1.68. The second kappa shape index (κ2) is 6.35. The van der Waals surface area contributed by atoms with Gasteiger partial charge in [0.05, 0.1) is 0 Å². The number of hydrogen-bond acceptors (Lipinski definition) is 5. The Labute approximate surface area is 124 Å². The van der Waals surface area contributed by atoms with Crippen LogP contribution in [0.2, 0.25) is 0 Å². The average molecular weight is 319 g/mol. The summed E-state index contributed by atoms with van der Waals surface area (Å²) in [5, 5.41) is 9.12. The van der Waals surface area contributed by atoms with Crippen LogP contribution in [0.5, 0.6) is 5.75 Å². The Morgan fingerprint density at radius 1 is 1.23 bits per heavy atom. The predicted octanol–water partition coefficient (Wildman–Crippen LogP) is 1.72. The molecule has 1 aromatic carbocycles. The van der Waals surface area contributed by atoms with Crippen molar-refractivity contribution < 1.29 is 32.6 Å². The Morgan fingerprint density at radius 2 is 1.73 bits per heavy atom. The first-order valence-corrected chi connectivity index (χ1v) is 6.31. The lowest BCUT2D eigenvalue weighted by Gasteiger charge is -2.26. The minimum Gasteiger partial charge on any atom is -0.508 e. The van der Waals surface area contributed by atoms with Gasteiger partial charge in [0.1, 0.15) is 11.8 Å². The van der Waals surface area contributed by atoms with Crippen molar-refractivity contribution in [2.24, 2.45) is 5.73 Å². The van der Waals surface area contributed by atoms with Crippen LogP contribution in [0.25, 0.3) is 0 Å². The number of halogens is 3. The van der Waals surface area contributed by atoms with E-state index in [1.807, 2.05) is 0 Å². The molecule has 0 heterocycles. The van der Waals surface area contributed by atoms with Crippen LogP contribution in [0.1, 0.15) is 19.4 Å². The SMILES string of the molecule is CC(C)(OC(=O)C(N)Cc1ccc(O)cc1)C(=O)C(F)(F)F. The number of phenols is 1. The molecule has 0 bridgehead atoms. The van der Waals surface area contributed by atoms with Crippen molar-refractivity contribution in [3.8, 4) is 5.75 Å². The van der Waals surface area contributed by atoms with Gasteiger partial charge in [-0.05, 0) is 38.0 Å². The zero-order valence-electron chi connectivity index (χ0n) is 12.0. The van der Waals surface area contributed by atoms with Crippen LogP contribution in [-0.2, 0) is 20.7 Å². The average Bonchev–Trinajstić information content (AvgIpc) is 2.38. The van der Waals surface area contributed by atoms with Gasteiger partial charge in [0, 0.05) is 0 Å². The minimum absolute atomic E-state index is 0.00456. The number of ketones is 1. The summed E-state index contributed by atoms with van der Waals surface area (Å²) in [7, 11) is 0. The number of carbonyl (C=O) groups is 2. The summed E-state index contributed by atoms with van der Waals surface area (Å²) >= 11 is 0. The Morgan fingerprint density at radius 3 is 2.18 bits per heavy atom. The third kappa shape index (κ3) is 4.73. The lowest BCUT2D eigenvalue weighted by Crippen LogP contribution is -2.48. The highest BCUT2D eigenvalue weighted by molar-refractivity contribution is 5.93. The summed E-state index contributed by atoms with van der Waals surface area (Å²) < 4.78 is 41.8. The fraction of sp³-hybridized carbons (Fsp3) is 0.429. The number of alkyl halides is 3. The van der Waals surface area contributed by atoms with Crippen LogP contribution < -0.4 is 5.73 Å². The molecule has 122 valence electrons. The molecule has 0 saturated carbocycles. The van der Waals surface area contributed by atoms with Crippen molar-refractivity contribution in [1.29, 1.82) is 0 Å². The summed E-state index contributed by atoms with van der Waals surface area (Å²) in [6.07, 6.45) is -5.11. The number of rotatable bonds is 5. The zero-order chi connectivity index (χ0) is 17.1. The molecule has 0 aromatic heterocycles. The van der Waals surface area contributed by atoms with Crippen molar-refractivity contribution in [1.82, 2.24) is 0 Å². The molecule has 0 aliphatic carbocycles. The molecule has 0 fully saturated rings. The number of aromatic hydroxyl groups is 1. The Kier molecular flexibility index (Phi) is 5.18. The number of benzene rings is 1. The normalized spacial score (nSPS) is 13.5. The lowest BCUT2D eigenvalue weighted by molar-refractivity contribution is -0.195. The quantitative estimate of drug-likeness (QED) is 0.807. The highest BCUT2D eigenvalue weighted by Gasteiger charge is 2.50. The molecule has 0 amide bonds. The molecular formula is C14H16F3NO4. The van der Waals surface area contributed by atoms with Gasteiger partial charge in [-0.15, -0.1) is 0 Å². The first-order valence-electron chi connectivity index (χ1n) is 6.31. The second-order valence-electron chi connectivity index (χ2n) is 5.24. The number of phenolic OH excluding ortho intramolecular Hbond substituents is 1. The summed E-state index contributed by atoms with van der Waals surface area (Å²) in [5.41, 5.74) is 3.81. The largest absolute Gasteiger partial charge is 0.508 e. The van der Waals surface area contributed by atoms with Crippen LogP contribution >= 0.6 is 0 Å². The van der Waals surface area contributed by atoms with Gasteiger partial charge in [-0.1, -0.05) is 12.1 Å². The van der Waals surface area contributed by atoms with Gasteiger partial charge in [-0.3, -0.25) is 9.59 Å². The van der Waals surface area contributed by atoms with Gasteiger partial charge < -0.3 is 15.6 Å². The van der Waals surface area contributed by atoms with Gasteiger partial charge in [-0.2, -0.15) is 13.2 Å². The van der Waals surface area contributed by atoms with Crippen LogP contribution in [0.15, 0.2) is 24.3 Å². The molecule has 8 heteroatoms. The van der Waals surface area contributed by atoms with Crippen molar-refractivity contribution >= 4 is 11.8 Å². The summed E-state index contributed by atoms with van der Waals surface area (Å²) in [4.78, 5) is 22.9. The molecule has 0 spiro atoms. The van der Waals surface area contributed by atoms with Gasteiger partial charge in [0.25, 0.3) is 5.78 Å². The number of esters is 1. The first-order chi connectivity index (χ1) is 9.93. The summed E-state index contributed by atoms with van der Waals surface area (Å²) in [5.74, 6) is -3.25. The van der Waals surface area contributed by atoms with Crippen LogP contribution in [0, 0.1) is 0 Å². The van der Waals surface area contributed by atoms with E-state index in [-0.39, 0.29) is 12.2 Å². The van der Waals surface area contributed by atoms with Crippen LogP contribution in [0.4, 0.5) is 13.2 Å². The van der Waals surface area contributed by atoms with Gasteiger partial charge in [0.15, 0.2) is 5.60 Å². The van der Waals surface area contributed by atoms with Crippen molar-refractivity contribution in [3.63, 3.8) is 0 Å². The number of Topliss-reactive ketones (excluding diaryl/α,β-unsaturated/α-hetero) is 1. The monoisotopic (exact) mass is 319 g/mol. The van der Waals surface area contributed by atoms with E-state index in [0.717, 1.165) is 13.8 Å². The van der Waals surface area contributed by atoms with Crippen LogP contribution in [-0.4, -0.2) is 34.7 Å². The Balaban J connectivity index is 2.71. The highest BCUT2D eigenvalue weighted by atomic mass is 19.4. The van der Waals surface area contributed by atoms with E-state index in [1.54, 1.807) is 0 Å².